The fraction of sp³-hybridized carbons (Fsp3) is 0.458. The second kappa shape index (κ2) is 12.7. The number of carboxylic acid groups (broad SMARTS) is 1. The van der Waals surface area contributed by atoms with Gasteiger partial charge in [-0.05, 0) is 30.9 Å². The van der Waals surface area contributed by atoms with Gasteiger partial charge in [-0.3, -0.25) is 19.2 Å². The molecule has 0 aliphatic heterocycles. The Labute approximate surface area is 208 Å². The van der Waals surface area contributed by atoms with E-state index in [4.69, 9.17) is 11.5 Å². The van der Waals surface area contributed by atoms with Crippen LogP contribution in [-0.2, 0) is 30.4 Å². The van der Waals surface area contributed by atoms with Crippen molar-refractivity contribution >= 4 is 40.5 Å². The Morgan fingerprint density at radius 2 is 1.50 bits per heavy atom. The Kier molecular flexibility index (Phi) is 9.97. The van der Waals surface area contributed by atoms with Gasteiger partial charge in [-0.15, -0.1) is 0 Å². The van der Waals surface area contributed by atoms with Gasteiger partial charge < -0.3 is 37.5 Å². The third-order valence-corrected chi connectivity index (χ3v) is 5.51. The average molecular weight is 503 g/mol. The van der Waals surface area contributed by atoms with Crippen molar-refractivity contribution in [2.24, 2.45) is 17.4 Å². The number of H-pyrrole nitrogens is 1. The predicted molar refractivity (Wildman–Crippen MR) is 132 cm³/mol. The highest BCUT2D eigenvalue weighted by molar-refractivity contribution is 5.95. The Balaban J connectivity index is 2.27. The maximum Gasteiger partial charge on any atom is 0.326 e. The molecule has 12 nitrogen and oxygen atoms in total. The molecule has 0 fully saturated rings. The molecule has 0 aliphatic carbocycles. The molecule has 12 heteroatoms. The number of rotatable bonds is 13. The summed E-state index contributed by atoms with van der Waals surface area (Å²) in [7, 11) is 0. The van der Waals surface area contributed by atoms with Crippen molar-refractivity contribution in [2.45, 2.75) is 64.2 Å². The van der Waals surface area contributed by atoms with Crippen LogP contribution in [0.2, 0.25) is 0 Å². The normalized spacial score (nSPS) is 14.5. The monoisotopic (exact) mass is 502 g/mol. The lowest BCUT2D eigenvalue weighted by molar-refractivity contribution is -0.143. The van der Waals surface area contributed by atoms with Crippen LogP contribution in [0.1, 0.15) is 39.2 Å². The molecule has 4 atom stereocenters. The lowest BCUT2D eigenvalue weighted by atomic mass is 10.00. The molecule has 1 heterocycles. The van der Waals surface area contributed by atoms with Crippen molar-refractivity contribution in [3.8, 4) is 0 Å². The van der Waals surface area contributed by atoms with Gasteiger partial charge in [0, 0.05) is 23.5 Å². The highest BCUT2D eigenvalue weighted by atomic mass is 16.4. The average Bonchev–Trinajstić information content (AvgIpc) is 3.19. The van der Waals surface area contributed by atoms with Crippen LogP contribution < -0.4 is 27.4 Å². The molecular formula is C24H34N6O6. The molecule has 4 unspecified atom stereocenters. The number of fused-ring (bicyclic) bond motifs is 1. The first-order valence-electron chi connectivity index (χ1n) is 11.6. The molecule has 9 N–H and O–H groups in total. The van der Waals surface area contributed by atoms with Crippen molar-refractivity contribution < 1.29 is 29.1 Å². The number of benzene rings is 1. The Hall–Kier alpha value is -3.93. The van der Waals surface area contributed by atoms with Gasteiger partial charge in [0.15, 0.2) is 0 Å². The molecule has 2 aromatic rings. The summed E-state index contributed by atoms with van der Waals surface area (Å²) in [6.45, 7) is 5.13. The summed E-state index contributed by atoms with van der Waals surface area (Å²) >= 11 is 0. The summed E-state index contributed by atoms with van der Waals surface area (Å²) in [6, 6.07) is 2.87. The summed E-state index contributed by atoms with van der Waals surface area (Å²) in [5.74, 6) is -4.35. The highest BCUT2D eigenvalue weighted by Gasteiger charge is 2.31. The number of aromatic amines is 1. The second-order valence-electron chi connectivity index (χ2n) is 9.17. The standard InChI is InChI=1S/C24H34N6O6/c1-12(2)8-17(22(33)30-19(24(35)36)10-20(26)31)29-23(34)18(28-21(32)13(3)25)9-14-11-27-16-7-5-4-6-15(14)16/h4-7,11-13,17-19,27H,8-10,25H2,1-3H3,(H2,26,31)(H,28,32)(H,29,34)(H,30,33)(H,35,36). The summed E-state index contributed by atoms with van der Waals surface area (Å²) in [4.78, 5) is 64.3. The summed E-state index contributed by atoms with van der Waals surface area (Å²) in [5, 5.41) is 17.7. The van der Waals surface area contributed by atoms with Gasteiger partial charge in [-0.1, -0.05) is 32.0 Å². The molecule has 0 aliphatic rings. The first kappa shape index (κ1) is 28.3. The fourth-order valence-corrected chi connectivity index (χ4v) is 3.68. The van der Waals surface area contributed by atoms with E-state index in [0.29, 0.717) is 0 Å². The van der Waals surface area contributed by atoms with Crippen LogP contribution in [0.5, 0.6) is 0 Å². The third kappa shape index (κ3) is 8.08. The van der Waals surface area contributed by atoms with Crippen molar-refractivity contribution in [3.05, 3.63) is 36.0 Å². The second-order valence-corrected chi connectivity index (χ2v) is 9.17. The van der Waals surface area contributed by atoms with Crippen molar-refractivity contribution in [1.82, 2.24) is 20.9 Å². The number of carboxylic acids is 1. The van der Waals surface area contributed by atoms with Gasteiger partial charge in [0.25, 0.3) is 0 Å². The number of carbonyl (C=O) groups excluding carboxylic acids is 4. The fourth-order valence-electron chi connectivity index (χ4n) is 3.68. The van der Waals surface area contributed by atoms with E-state index >= 15 is 0 Å². The Morgan fingerprint density at radius 3 is 2.08 bits per heavy atom. The molecule has 0 bridgehead atoms. The first-order valence-corrected chi connectivity index (χ1v) is 11.6. The first-order chi connectivity index (χ1) is 16.9. The topological polar surface area (TPSA) is 210 Å². The van der Waals surface area contributed by atoms with Crippen molar-refractivity contribution in [3.63, 3.8) is 0 Å². The maximum atomic E-state index is 13.3. The third-order valence-electron chi connectivity index (χ3n) is 5.51. The number of hydrogen-bond donors (Lipinski definition) is 7. The van der Waals surface area contributed by atoms with Crippen LogP contribution in [0.25, 0.3) is 10.9 Å². The summed E-state index contributed by atoms with van der Waals surface area (Å²) < 4.78 is 0. The van der Waals surface area contributed by atoms with E-state index in [1.165, 1.54) is 6.92 Å². The highest BCUT2D eigenvalue weighted by Crippen LogP contribution is 2.19. The van der Waals surface area contributed by atoms with E-state index < -0.39 is 60.2 Å². The minimum absolute atomic E-state index is 0.0498. The zero-order valence-corrected chi connectivity index (χ0v) is 20.5. The zero-order valence-electron chi connectivity index (χ0n) is 20.5. The van der Waals surface area contributed by atoms with Crippen LogP contribution in [0.15, 0.2) is 30.5 Å². The number of hydrogen-bond acceptors (Lipinski definition) is 6. The number of amides is 4. The molecule has 2 rings (SSSR count). The van der Waals surface area contributed by atoms with E-state index in [9.17, 15) is 29.1 Å². The van der Waals surface area contributed by atoms with Crippen molar-refractivity contribution in [2.75, 3.05) is 0 Å². The zero-order chi connectivity index (χ0) is 27.0. The number of primary amides is 1. The summed E-state index contributed by atoms with van der Waals surface area (Å²) in [5.41, 5.74) is 12.4. The lowest BCUT2D eigenvalue weighted by Crippen LogP contribution is -2.57. The van der Waals surface area contributed by atoms with E-state index in [-0.39, 0.29) is 18.8 Å². The van der Waals surface area contributed by atoms with Gasteiger partial charge in [-0.2, -0.15) is 0 Å². The largest absolute Gasteiger partial charge is 0.480 e. The molecule has 4 amide bonds. The van der Waals surface area contributed by atoms with Gasteiger partial charge in [0.2, 0.25) is 23.6 Å². The van der Waals surface area contributed by atoms with Crippen LogP contribution in [0, 0.1) is 5.92 Å². The molecule has 0 spiro atoms. The smallest absolute Gasteiger partial charge is 0.326 e. The number of para-hydroxylation sites is 1. The van der Waals surface area contributed by atoms with E-state index in [1.807, 2.05) is 38.1 Å². The molecule has 196 valence electrons. The van der Waals surface area contributed by atoms with Gasteiger partial charge in [0.1, 0.15) is 18.1 Å². The maximum absolute atomic E-state index is 13.3. The van der Waals surface area contributed by atoms with Crippen LogP contribution in [-0.4, -0.2) is 63.9 Å². The van der Waals surface area contributed by atoms with E-state index in [2.05, 4.69) is 20.9 Å². The minimum atomic E-state index is -1.54. The Morgan fingerprint density at radius 1 is 0.917 bits per heavy atom. The molecule has 1 aromatic heterocycles. The number of nitrogens with one attached hydrogen (secondary N) is 4. The molecule has 0 saturated heterocycles. The molecule has 1 aromatic carbocycles. The number of nitrogens with two attached hydrogens (primary N) is 2. The Bertz CT molecular complexity index is 1110. The van der Waals surface area contributed by atoms with Crippen LogP contribution >= 0.6 is 0 Å². The summed E-state index contributed by atoms with van der Waals surface area (Å²) in [6.07, 6.45) is 1.44. The van der Waals surface area contributed by atoms with E-state index in [1.54, 1.807) is 6.20 Å². The lowest BCUT2D eigenvalue weighted by Gasteiger charge is -2.25. The van der Waals surface area contributed by atoms with Crippen LogP contribution in [0.3, 0.4) is 0 Å². The van der Waals surface area contributed by atoms with Gasteiger partial charge in [-0.25, -0.2) is 4.79 Å². The molecule has 36 heavy (non-hydrogen) atoms. The quantitative estimate of drug-likeness (QED) is 0.191. The molecular weight excluding hydrogens is 468 g/mol. The minimum Gasteiger partial charge on any atom is -0.480 e. The van der Waals surface area contributed by atoms with Crippen LogP contribution in [0.4, 0.5) is 0 Å². The van der Waals surface area contributed by atoms with Crippen molar-refractivity contribution in [1.29, 1.82) is 0 Å². The van der Waals surface area contributed by atoms with E-state index in [0.717, 1.165) is 16.5 Å². The van der Waals surface area contributed by atoms with Gasteiger partial charge >= 0.3 is 5.97 Å². The number of aromatic nitrogens is 1. The molecule has 0 radical (unpaired) electrons. The molecule has 0 saturated carbocycles. The SMILES string of the molecule is CC(C)CC(NC(=O)C(Cc1c[nH]c2ccccc12)NC(=O)C(C)N)C(=O)NC(CC(N)=O)C(=O)O. The van der Waals surface area contributed by atoms with Gasteiger partial charge in [0.05, 0.1) is 12.5 Å². The predicted octanol–water partition coefficient (Wildman–Crippen LogP) is -0.482. The number of carbonyl (C=O) groups is 5. The number of aliphatic carboxylic acids is 1.